The van der Waals surface area contributed by atoms with Crippen molar-refractivity contribution >= 4 is 45.2 Å². The summed E-state index contributed by atoms with van der Waals surface area (Å²) in [6.07, 6.45) is -0.387. The summed E-state index contributed by atoms with van der Waals surface area (Å²) in [6, 6.07) is 18.4. The van der Waals surface area contributed by atoms with E-state index in [1.807, 2.05) is 11.0 Å². The van der Waals surface area contributed by atoms with Crippen LogP contribution in [0.25, 0.3) is 11.1 Å². The summed E-state index contributed by atoms with van der Waals surface area (Å²) in [4.78, 5) is 18.4. The highest BCUT2D eigenvalue weighted by molar-refractivity contribution is 7.89. The number of carbonyl (C=O) groups is 1. The predicted octanol–water partition coefficient (Wildman–Crippen LogP) is 4.89. The van der Waals surface area contributed by atoms with Crippen LogP contribution in [0.2, 0.25) is 10.0 Å². The van der Waals surface area contributed by atoms with Crippen molar-refractivity contribution in [2.24, 2.45) is 5.73 Å². The first kappa shape index (κ1) is 31.2. The van der Waals surface area contributed by atoms with Crippen LogP contribution in [0.4, 0.5) is 4.79 Å². The zero-order valence-corrected chi connectivity index (χ0v) is 25.3. The van der Waals surface area contributed by atoms with Crippen molar-refractivity contribution < 1.29 is 17.9 Å². The summed E-state index contributed by atoms with van der Waals surface area (Å²) in [5.74, 6) is 0.294. The zero-order valence-electron chi connectivity index (χ0n) is 23.0. The average molecular weight is 632 g/mol. The van der Waals surface area contributed by atoms with Crippen LogP contribution in [0.15, 0.2) is 84.0 Å². The van der Waals surface area contributed by atoms with Crippen LogP contribution in [0, 0.1) is 5.41 Å². The molecule has 1 amide bonds. The van der Waals surface area contributed by atoms with Crippen LogP contribution in [-0.4, -0.2) is 67.9 Å². The number of piperazine rings is 1. The SMILES string of the molecule is C=C(N1CCN(C(=O)OCC)CC1)N(Cc1cccc(C(=N)N)c1)NS(=O)(=O)c1cccc(-c2ccc(Cl)cc2Cl)c1. The summed E-state index contributed by atoms with van der Waals surface area (Å²) < 4.78 is 32.6. The average Bonchev–Trinajstić information content (AvgIpc) is 2.97. The van der Waals surface area contributed by atoms with Crippen molar-refractivity contribution in [1.29, 1.82) is 5.41 Å². The summed E-state index contributed by atoms with van der Waals surface area (Å²) in [6.45, 7) is 7.96. The number of amidine groups is 1. The van der Waals surface area contributed by atoms with E-state index in [2.05, 4.69) is 11.4 Å². The molecule has 0 aromatic heterocycles. The van der Waals surface area contributed by atoms with Crippen LogP contribution < -0.4 is 10.6 Å². The van der Waals surface area contributed by atoms with Gasteiger partial charge >= 0.3 is 6.09 Å². The van der Waals surface area contributed by atoms with E-state index in [-0.39, 0.29) is 30.0 Å². The third-order valence-corrected chi connectivity index (χ3v) is 8.56. The molecule has 1 saturated heterocycles. The number of ether oxygens (including phenoxy) is 1. The number of benzene rings is 3. The summed E-state index contributed by atoms with van der Waals surface area (Å²) in [7, 11) is -4.10. The van der Waals surface area contributed by atoms with E-state index in [4.69, 9.17) is 39.1 Å². The second-order valence-corrected chi connectivity index (χ2v) is 12.0. The number of amides is 1. The van der Waals surface area contributed by atoms with Crippen LogP contribution in [0.3, 0.4) is 0 Å². The first-order valence-electron chi connectivity index (χ1n) is 13.1. The number of rotatable bonds is 10. The molecule has 222 valence electrons. The summed E-state index contributed by atoms with van der Waals surface area (Å²) in [5, 5.41) is 10.1. The molecule has 42 heavy (non-hydrogen) atoms. The van der Waals surface area contributed by atoms with Crippen LogP contribution in [-0.2, 0) is 21.3 Å². The van der Waals surface area contributed by atoms with E-state index in [1.165, 1.54) is 17.1 Å². The van der Waals surface area contributed by atoms with Gasteiger partial charge in [-0.1, -0.05) is 66.2 Å². The lowest BCUT2D eigenvalue weighted by atomic mass is 10.1. The molecule has 1 heterocycles. The van der Waals surface area contributed by atoms with Crippen molar-refractivity contribution in [2.45, 2.75) is 18.4 Å². The lowest BCUT2D eigenvalue weighted by Crippen LogP contribution is -2.52. The minimum Gasteiger partial charge on any atom is -0.450 e. The van der Waals surface area contributed by atoms with Crippen molar-refractivity contribution in [3.63, 3.8) is 0 Å². The lowest BCUT2D eigenvalue weighted by molar-refractivity contribution is 0.0756. The number of hydrogen-bond acceptors (Lipinski definition) is 7. The molecule has 10 nitrogen and oxygen atoms in total. The van der Waals surface area contributed by atoms with Gasteiger partial charge < -0.3 is 20.3 Å². The normalized spacial score (nSPS) is 13.5. The number of nitrogens with one attached hydrogen (secondary N) is 2. The Hall–Kier alpha value is -3.77. The van der Waals surface area contributed by atoms with E-state index in [1.54, 1.807) is 60.4 Å². The molecule has 0 aliphatic carbocycles. The van der Waals surface area contributed by atoms with Crippen LogP contribution in [0.1, 0.15) is 18.1 Å². The number of nitrogen functional groups attached to an aromatic ring is 1. The van der Waals surface area contributed by atoms with Gasteiger partial charge in [-0.15, -0.1) is 4.83 Å². The first-order chi connectivity index (χ1) is 20.0. The molecule has 0 unspecified atom stereocenters. The zero-order chi connectivity index (χ0) is 30.4. The first-order valence-corrected chi connectivity index (χ1v) is 15.4. The monoisotopic (exact) mass is 630 g/mol. The van der Waals surface area contributed by atoms with Crippen molar-refractivity contribution in [2.75, 3.05) is 32.8 Å². The van der Waals surface area contributed by atoms with Gasteiger partial charge in [0.15, 0.2) is 0 Å². The summed E-state index contributed by atoms with van der Waals surface area (Å²) >= 11 is 12.4. The molecule has 0 bridgehead atoms. The molecular weight excluding hydrogens is 599 g/mol. The van der Waals surface area contributed by atoms with Crippen molar-refractivity contribution in [1.82, 2.24) is 19.6 Å². The molecule has 3 aromatic carbocycles. The fourth-order valence-corrected chi connectivity index (χ4v) is 6.10. The quantitative estimate of drug-likeness (QED) is 0.165. The fraction of sp³-hybridized carbons (Fsp3) is 0.241. The number of carbonyl (C=O) groups excluding carboxylic acids is 1. The maximum atomic E-state index is 13.7. The highest BCUT2D eigenvalue weighted by Crippen LogP contribution is 2.31. The third-order valence-electron chi connectivity index (χ3n) is 6.68. The molecule has 0 atom stereocenters. The van der Waals surface area contributed by atoms with Gasteiger partial charge in [0.1, 0.15) is 11.7 Å². The Morgan fingerprint density at radius 2 is 1.74 bits per heavy atom. The molecule has 4 rings (SSSR count). The molecule has 0 radical (unpaired) electrons. The number of nitrogens with zero attached hydrogens (tertiary/aromatic N) is 3. The van der Waals surface area contributed by atoms with Gasteiger partial charge in [0.2, 0.25) is 0 Å². The minimum absolute atomic E-state index is 0.0217. The topological polar surface area (TPSA) is 132 Å². The number of hydrogen-bond donors (Lipinski definition) is 3. The van der Waals surface area contributed by atoms with Gasteiger partial charge in [0, 0.05) is 47.4 Å². The molecule has 13 heteroatoms. The molecule has 0 spiro atoms. The highest BCUT2D eigenvalue weighted by atomic mass is 35.5. The van der Waals surface area contributed by atoms with Gasteiger partial charge in [-0.05, 0) is 48.4 Å². The van der Waals surface area contributed by atoms with E-state index < -0.39 is 10.0 Å². The molecule has 1 fully saturated rings. The fourth-order valence-electron chi connectivity index (χ4n) is 4.48. The third kappa shape index (κ3) is 7.54. The van der Waals surface area contributed by atoms with Crippen molar-refractivity contribution in [3.05, 3.63) is 100 Å². The van der Waals surface area contributed by atoms with Crippen LogP contribution in [0.5, 0.6) is 0 Å². The molecule has 0 saturated carbocycles. The van der Waals surface area contributed by atoms with E-state index in [9.17, 15) is 13.2 Å². The molecule has 4 N–H and O–H groups in total. The standard InChI is InChI=1S/C29H32Cl2N6O4S/c1-3-41-29(38)36-14-12-35(13-15-36)20(2)37(19-21-6-4-8-23(16-21)28(32)33)34-42(39,40)25-9-5-7-22(17-25)26-11-10-24(30)18-27(26)31/h4-11,16-18,34H,2-3,12-15,19H2,1H3,(H3,32,33). The number of halogens is 2. The maximum Gasteiger partial charge on any atom is 0.409 e. The van der Waals surface area contributed by atoms with Gasteiger partial charge in [-0.3, -0.25) is 10.4 Å². The highest BCUT2D eigenvalue weighted by Gasteiger charge is 2.27. The minimum atomic E-state index is -4.10. The smallest absolute Gasteiger partial charge is 0.409 e. The molecule has 1 aliphatic heterocycles. The Balaban J connectivity index is 1.61. The van der Waals surface area contributed by atoms with Crippen LogP contribution >= 0.6 is 23.2 Å². The Morgan fingerprint density at radius 1 is 1.05 bits per heavy atom. The maximum absolute atomic E-state index is 13.7. The lowest BCUT2D eigenvalue weighted by Gasteiger charge is -2.40. The van der Waals surface area contributed by atoms with E-state index in [0.717, 1.165) is 0 Å². The van der Waals surface area contributed by atoms with Gasteiger partial charge in [-0.2, -0.15) is 0 Å². The largest absolute Gasteiger partial charge is 0.450 e. The van der Waals surface area contributed by atoms with E-state index >= 15 is 0 Å². The Kier molecular flexibility index (Phi) is 10.00. The Bertz CT molecular complexity index is 1590. The molecule has 3 aromatic rings. The molecular formula is C29H32Cl2N6O4S. The number of nitrogens with two attached hydrogens (primary N) is 1. The second kappa shape index (κ2) is 13.5. The molecule has 1 aliphatic rings. The number of hydrazine groups is 1. The van der Waals surface area contributed by atoms with Gasteiger partial charge in [0.05, 0.1) is 18.0 Å². The van der Waals surface area contributed by atoms with Gasteiger partial charge in [0.25, 0.3) is 10.0 Å². The Labute approximate surface area is 255 Å². The second-order valence-electron chi connectivity index (χ2n) is 9.54. The summed E-state index contributed by atoms with van der Waals surface area (Å²) in [5.41, 5.74) is 8.14. The predicted molar refractivity (Wildman–Crippen MR) is 165 cm³/mol. The Morgan fingerprint density at radius 3 is 2.40 bits per heavy atom. The number of sulfonamides is 1. The van der Waals surface area contributed by atoms with Crippen molar-refractivity contribution in [3.8, 4) is 11.1 Å². The van der Waals surface area contributed by atoms with Gasteiger partial charge in [-0.25, -0.2) is 13.2 Å². The van der Waals surface area contributed by atoms with E-state index in [0.29, 0.717) is 64.3 Å².